The van der Waals surface area contributed by atoms with Crippen molar-refractivity contribution in [3.8, 4) is 11.5 Å². The van der Waals surface area contributed by atoms with E-state index in [4.69, 9.17) is 14.6 Å². The second kappa shape index (κ2) is 18.2. The first-order chi connectivity index (χ1) is 14.9. The number of hydrogen-bond acceptors (Lipinski definition) is 3. The first kappa shape index (κ1) is 30.6. The molecule has 176 valence electrons. The quantitative estimate of drug-likeness (QED) is 0.530. The van der Waals surface area contributed by atoms with Crippen molar-refractivity contribution in [1.29, 1.82) is 0 Å². The van der Waals surface area contributed by atoms with Gasteiger partial charge in [-0.2, -0.15) is 0 Å². The fraction of sp³-hybridized carbons (Fsp3) is 0.500. The molecular formula is C26H41FO4. The molecule has 1 fully saturated rings. The van der Waals surface area contributed by atoms with E-state index in [1.807, 2.05) is 53.7 Å². The van der Waals surface area contributed by atoms with E-state index in [9.17, 15) is 9.18 Å². The highest BCUT2D eigenvalue weighted by molar-refractivity contribution is 5.91. The van der Waals surface area contributed by atoms with Crippen LogP contribution >= 0.6 is 0 Å². The molecule has 0 radical (unpaired) electrons. The third kappa shape index (κ3) is 10.3. The maximum absolute atomic E-state index is 13.2. The second-order valence-corrected chi connectivity index (χ2v) is 5.99. The highest BCUT2D eigenvalue weighted by Crippen LogP contribution is 2.28. The Labute approximate surface area is 188 Å². The van der Waals surface area contributed by atoms with Crippen LogP contribution in [0.4, 0.5) is 4.39 Å². The van der Waals surface area contributed by atoms with Crippen LogP contribution in [0.15, 0.2) is 36.4 Å². The Balaban J connectivity index is 0. The van der Waals surface area contributed by atoms with Crippen LogP contribution in [0.1, 0.15) is 82.3 Å². The Morgan fingerprint density at radius 2 is 1.45 bits per heavy atom. The Morgan fingerprint density at radius 3 is 1.87 bits per heavy atom. The summed E-state index contributed by atoms with van der Waals surface area (Å²) in [6, 6.07) is 10.1. The highest BCUT2D eigenvalue weighted by Gasteiger charge is 2.23. The zero-order valence-corrected chi connectivity index (χ0v) is 20.7. The zero-order valence-electron chi connectivity index (χ0n) is 20.7. The Hall–Kier alpha value is -2.56. The van der Waals surface area contributed by atoms with Crippen LogP contribution in [0.5, 0.6) is 11.5 Å². The summed E-state index contributed by atoms with van der Waals surface area (Å²) in [5.41, 5.74) is 2.13. The maximum Gasteiger partial charge on any atom is 0.342 e. The van der Waals surface area contributed by atoms with Gasteiger partial charge in [-0.25, -0.2) is 9.18 Å². The van der Waals surface area contributed by atoms with Crippen molar-refractivity contribution >= 4 is 5.97 Å². The number of carbonyl (C=O) groups is 1. The molecule has 0 aromatic heterocycles. The van der Waals surface area contributed by atoms with Gasteiger partial charge in [-0.05, 0) is 62.4 Å². The molecule has 5 heteroatoms. The van der Waals surface area contributed by atoms with Gasteiger partial charge in [-0.3, -0.25) is 0 Å². The molecule has 2 aromatic rings. The molecule has 0 spiro atoms. The van der Waals surface area contributed by atoms with Gasteiger partial charge in [0.2, 0.25) is 0 Å². The number of aryl methyl sites for hydroxylation is 1. The van der Waals surface area contributed by atoms with Crippen LogP contribution in [0.2, 0.25) is 0 Å². The molecule has 0 saturated heterocycles. The lowest BCUT2D eigenvalue weighted by molar-refractivity contribution is 0.0673. The highest BCUT2D eigenvalue weighted by atomic mass is 19.1. The average Bonchev–Trinajstić information content (AvgIpc) is 2.77. The minimum absolute atomic E-state index is 0.0462. The maximum atomic E-state index is 13.2. The summed E-state index contributed by atoms with van der Waals surface area (Å²) < 4.78 is 23.7. The van der Waals surface area contributed by atoms with E-state index in [1.54, 1.807) is 7.11 Å². The molecule has 4 nitrogen and oxygen atoms in total. The van der Waals surface area contributed by atoms with Crippen molar-refractivity contribution < 1.29 is 23.8 Å². The van der Waals surface area contributed by atoms with Crippen LogP contribution in [-0.2, 0) is 0 Å². The number of halogens is 1. The molecule has 0 atom stereocenters. The molecule has 0 aliphatic heterocycles. The normalized spacial score (nSPS) is 11.3. The molecule has 1 aliphatic rings. The number of ether oxygens (including phenoxy) is 2. The van der Waals surface area contributed by atoms with Crippen LogP contribution in [0, 0.1) is 19.7 Å². The van der Waals surface area contributed by atoms with E-state index in [-0.39, 0.29) is 17.4 Å². The van der Waals surface area contributed by atoms with Crippen LogP contribution in [0.25, 0.3) is 0 Å². The smallest absolute Gasteiger partial charge is 0.342 e. The van der Waals surface area contributed by atoms with E-state index in [2.05, 4.69) is 19.9 Å². The van der Waals surface area contributed by atoms with Gasteiger partial charge in [0, 0.05) is 0 Å². The van der Waals surface area contributed by atoms with Gasteiger partial charge in [0.15, 0.2) is 0 Å². The lowest BCUT2D eigenvalue weighted by atomic mass is 9.96. The monoisotopic (exact) mass is 436 g/mol. The van der Waals surface area contributed by atoms with Crippen LogP contribution in [-0.4, -0.2) is 24.3 Å². The molecule has 0 heterocycles. The van der Waals surface area contributed by atoms with Crippen molar-refractivity contribution in [2.75, 3.05) is 7.11 Å². The summed E-state index contributed by atoms with van der Waals surface area (Å²) in [6.07, 6.45) is 2.96. The number of rotatable bonds is 4. The van der Waals surface area contributed by atoms with Gasteiger partial charge in [-0.15, -0.1) is 0 Å². The first-order valence-corrected chi connectivity index (χ1v) is 11.2. The van der Waals surface area contributed by atoms with Crippen molar-refractivity contribution in [2.24, 2.45) is 0 Å². The van der Waals surface area contributed by atoms with E-state index < -0.39 is 11.8 Å². The summed E-state index contributed by atoms with van der Waals surface area (Å²) in [6.45, 7) is 16.1. The van der Waals surface area contributed by atoms with E-state index in [1.165, 1.54) is 23.3 Å². The van der Waals surface area contributed by atoms with Gasteiger partial charge >= 0.3 is 5.97 Å². The molecule has 0 bridgehead atoms. The Bertz CT molecular complexity index is 740. The van der Waals surface area contributed by atoms with Crippen molar-refractivity contribution in [2.45, 2.75) is 80.8 Å². The summed E-state index contributed by atoms with van der Waals surface area (Å²) >= 11 is 0. The lowest BCUT2D eigenvalue weighted by Crippen LogP contribution is -2.25. The van der Waals surface area contributed by atoms with Gasteiger partial charge in [0.05, 0.1) is 13.2 Å². The van der Waals surface area contributed by atoms with Crippen LogP contribution < -0.4 is 9.47 Å². The molecule has 31 heavy (non-hydrogen) atoms. The minimum atomic E-state index is -1.29. The van der Waals surface area contributed by atoms with Crippen molar-refractivity contribution in [3.63, 3.8) is 0 Å². The van der Waals surface area contributed by atoms with Gasteiger partial charge < -0.3 is 14.6 Å². The SMILES string of the molecule is CC.CC.CC.COc1cccc(C)c1C.O=C(O)c1c(F)cccc1OC1CCC1. The van der Waals surface area contributed by atoms with Gasteiger partial charge in [-0.1, -0.05) is 59.7 Å². The molecule has 3 rings (SSSR count). The molecule has 0 amide bonds. The number of hydrogen-bond donors (Lipinski definition) is 1. The van der Waals surface area contributed by atoms with Crippen molar-refractivity contribution in [3.05, 3.63) is 58.9 Å². The number of methoxy groups -OCH3 is 1. The predicted molar refractivity (Wildman–Crippen MR) is 128 cm³/mol. The Morgan fingerprint density at radius 1 is 0.935 bits per heavy atom. The fourth-order valence-electron chi connectivity index (χ4n) is 2.42. The topological polar surface area (TPSA) is 55.8 Å². The molecule has 2 aromatic carbocycles. The number of benzene rings is 2. The minimum Gasteiger partial charge on any atom is -0.496 e. The molecule has 1 saturated carbocycles. The summed E-state index contributed by atoms with van der Waals surface area (Å²) in [4.78, 5) is 10.8. The number of carboxylic acids is 1. The molecule has 1 aliphatic carbocycles. The van der Waals surface area contributed by atoms with Crippen LogP contribution in [0.3, 0.4) is 0 Å². The van der Waals surface area contributed by atoms with E-state index in [0.29, 0.717) is 0 Å². The third-order valence-electron chi connectivity index (χ3n) is 4.31. The average molecular weight is 437 g/mol. The third-order valence-corrected chi connectivity index (χ3v) is 4.31. The molecule has 0 unspecified atom stereocenters. The lowest BCUT2D eigenvalue weighted by Gasteiger charge is -2.27. The number of aromatic carboxylic acids is 1. The largest absolute Gasteiger partial charge is 0.496 e. The fourth-order valence-corrected chi connectivity index (χ4v) is 2.42. The standard InChI is InChI=1S/C11H11FO3.C9H12O.3C2H6/c12-8-5-2-6-9(10(8)11(13)14)15-7-3-1-4-7;1-7-5-4-6-9(10-3)8(7)2;3*1-2/h2,5-7H,1,3-4H2,(H,13,14);4-6H,1-3H3;3*1-2H3. The Kier molecular flexibility index (Phi) is 18.0. The van der Waals surface area contributed by atoms with E-state index >= 15 is 0 Å². The van der Waals surface area contributed by atoms with Gasteiger partial charge in [0.25, 0.3) is 0 Å². The predicted octanol–water partition coefficient (Wildman–Crippen LogP) is 7.85. The molecular weight excluding hydrogens is 395 g/mol. The zero-order chi connectivity index (χ0) is 24.4. The first-order valence-electron chi connectivity index (χ1n) is 11.2. The summed E-state index contributed by atoms with van der Waals surface area (Å²) in [5.74, 6) is -0.936. The molecule has 1 N–H and O–H groups in total. The number of carboxylic acid groups (broad SMARTS) is 1. The van der Waals surface area contributed by atoms with Crippen molar-refractivity contribution in [1.82, 2.24) is 0 Å². The summed E-state index contributed by atoms with van der Waals surface area (Å²) in [5, 5.41) is 8.83. The van der Waals surface area contributed by atoms with Gasteiger partial charge in [0.1, 0.15) is 22.9 Å². The second-order valence-electron chi connectivity index (χ2n) is 5.99. The summed E-state index contributed by atoms with van der Waals surface area (Å²) in [7, 11) is 1.70. The van der Waals surface area contributed by atoms with E-state index in [0.717, 1.165) is 31.1 Å².